The van der Waals surface area contributed by atoms with Gasteiger partial charge in [0.05, 0.1) is 11.3 Å². The fourth-order valence-electron chi connectivity index (χ4n) is 1.81. The summed E-state index contributed by atoms with van der Waals surface area (Å²) in [7, 11) is 0. The highest BCUT2D eigenvalue weighted by atomic mass is 32.2. The van der Waals surface area contributed by atoms with Crippen LogP contribution in [-0.4, -0.2) is 33.7 Å². The lowest BCUT2D eigenvalue weighted by Crippen LogP contribution is -2.30. The minimum atomic E-state index is -1.04. The summed E-state index contributed by atoms with van der Waals surface area (Å²) in [5.41, 5.74) is 1.90. The van der Waals surface area contributed by atoms with Crippen molar-refractivity contribution in [2.45, 2.75) is 13.3 Å². The molecule has 1 fully saturated rings. The van der Waals surface area contributed by atoms with Crippen molar-refractivity contribution in [1.82, 2.24) is 4.90 Å². The van der Waals surface area contributed by atoms with Gasteiger partial charge < -0.3 is 5.11 Å². The Morgan fingerprint density at radius 3 is 2.80 bits per heavy atom. The molecule has 1 aliphatic heterocycles. The van der Waals surface area contributed by atoms with Gasteiger partial charge in [-0.2, -0.15) is 0 Å². The minimum Gasteiger partial charge on any atom is -0.481 e. The molecule has 5 nitrogen and oxygen atoms in total. The van der Waals surface area contributed by atoms with Crippen molar-refractivity contribution in [3.05, 3.63) is 40.3 Å². The zero-order valence-corrected chi connectivity index (χ0v) is 11.6. The molecular formula is C14H13NO4S. The number of carboxylic acid groups (broad SMARTS) is 1. The van der Waals surface area contributed by atoms with Crippen LogP contribution in [0.4, 0.5) is 4.79 Å². The van der Waals surface area contributed by atoms with Crippen LogP contribution < -0.4 is 0 Å². The van der Waals surface area contributed by atoms with E-state index >= 15 is 0 Å². The number of hydrogen-bond acceptors (Lipinski definition) is 4. The van der Waals surface area contributed by atoms with E-state index in [1.54, 1.807) is 6.08 Å². The third kappa shape index (κ3) is 3.27. The number of carbonyl (C=O) groups excluding carboxylic acids is 2. The molecule has 0 atom stereocenters. The molecule has 1 aromatic rings. The Labute approximate surface area is 120 Å². The highest BCUT2D eigenvalue weighted by molar-refractivity contribution is 8.18. The van der Waals surface area contributed by atoms with Crippen LogP contribution in [0.15, 0.2) is 29.2 Å². The van der Waals surface area contributed by atoms with Crippen LogP contribution in [0.25, 0.3) is 6.08 Å². The first kappa shape index (κ1) is 14.3. The second-order valence-corrected chi connectivity index (χ2v) is 5.38. The Kier molecular flexibility index (Phi) is 4.24. The predicted octanol–water partition coefficient (Wildman–Crippen LogP) is 2.51. The minimum absolute atomic E-state index is 0.0921. The number of carboxylic acids is 1. The van der Waals surface area contributed by atoms with Gasteiger partial charge in [-0.15, -0.1) is 0 Å². The molecule has 1 saturated heterocycles. The maximum absolute atomic E-state index is 12.0. The summed E-state index contributed by atoms with van der Waals surface area (Å²) in [4.78, 5) is 35.5. The highest BCUT2D eigenvalue weighted by Crippen LogP contribution is 2.32. The van der Waals surface area contributed by atoms with Crippen molar-refractivity contribution in [2.24, 2.45) is 0 Å². The summed E-state index contributed by atoms with van der Waals surface area (Å²) in [6.45, 7) is 1.85. The van der Waals surface area contributed by atoms with Gasteiger partial charge in [-0.1, -0.05) is 29.8 Å². The van der Waals surface area contributed by atoms with Gasteiger partial charge in [0.25, 0.3) is 11.1 Å². The molecular weight excluding hydrogens is 278 g/mol. The number of carbonyl (C=O) groups is 3. The first-order valence-electron chi connectivity index (χ1n) is 6.01. The van der Waals surface area contributed by atoms with Crippen LogP contribution in [0.2, 0.25) is 0 Å². The summed E-state index contributed by atoms with van der Waals surface area (Å²) in [5, 5.41) is 8.19. The van der Waals surface area contributed by atoms with Crippen LogP contribution in [0.5, 0.6) is 0 Å². The molecule has 20 heavy (non-hydrogen) atoms. The van der Waals surface area contributed by atoms with Crippen molar-refractivity contribution in [3.8, 4) is 0 Å². The maximum Gasteiger partial charge on any atom is 0.305 e. The van der Waals surface area contributed by atoms with Crippen LogP contribution in [-0.2, 0) is 9.59 Å². The summed E-state index contributed by atoms with van der Waals surface area (Å²) in [5.74, 6) is -1.46. The molecule has 1 heterocycles. The van der Waals surface area contributed by atoms with E-state index in [4.69, 9.17) is 5.11 Å². The lowest BCUT2D eigenvalue weighted by molar-refractivity contribution is -0.137. The molecule has 104 valence electrons. The number of aryl methyl sites for hydroxylation is 1. The van der Waals surface area contributed by atoms with Gasteiger partial charge in [0.1, 0.15) is 0 Å². The fraction of sp³-hybridized carbons (Fsp3) is 0.214. The van der Waals surface area contributed by atoms with Crippen LogP contribution in [0.3, 0.4) is 0 Å². The number of thioether (sulfide) groups is 1. The highest BCUT2D eigenvalue weighted by Gasteiger charge is 2.34. The van der Waals surface area contributed by atoms with Crippen LogP contribution >= 0.6 is 11.8 Å². The van der Waals surface area contributed by atoms with Gasteiger partial charge >= 0.3 is 5.97 Å². The first-order valence-corrected chi connectivity index (χ1v) is 6.83. The van der Waals surface area contributed by atoms with E-state index in [2.05, 4.69) is 0 Å². The topological polar surface area (TPSA) is 74.7 Å². The number of hydrogen-bond donors (Lipinski definition) is 1. The molecule has 0 saturated carbocycles. The average Bonchev–Trinajstić information content (AvgIpc) is 2.62. The van der Waals surface area contributed by atoms with Crippen LogP contribution in [0, 0.1) is 6.92 Å². The smallest absolute Gasteiger partial charge is 0.305 e. The zero-order chi connectivity index (χ0) is 14.7. The molecule has 2 rings (SSSR count). The Balaban J connectivity index is 2.17. The summed E-state index contributed by atoms with van der Waals surface area (Å²) in [6, 6.07) is 7.56. The van der Waals surface area contributed by atoms with Gasteiger partial charge in [0.2, 0.25) is 0 Å². The van der Waals surface area contributed by atoms with E-state index in [1.807, 2.05) is 31.2 Å². The average molecular weight is 291 g/mol. The summed E-state index contributed by atoms with van der Waals surface area (Å²) in [6.07, 6.45) is 1.41. The second-order valence-electron chi connectivity index (χ2n) is 4.39. The number of amides is 2. The third-order valence-electron chi connectivity index (χ3n) is 2.76. The van der Waals surface area contributed by atoms with Crippen LogP contribution in [0.1, 0.15) is 17.5 Å². The summed E-state index contributed by atoms with van der Waals surface area (Å²) >= 11 is 0.840. The van der Waals surface area contributed by atoms with Crippen molar-refractivity contribution < 1.29 is 19.5 Å². The molecule has 0 aliphatic carbocycles. The van der Waals surface area contributed by atoms with Gasteiger partial charge in [0, 0.05) is 6.54 Å². The molecule has 0 bridgehead atoms. The van der Waals surface area contributed by atoms with Gasteiger partial charge in [-0.3, -0.25) is 19.3 Å². The molecule has 0 spiro atoms. The monoisotopic (exact) mass is 291 g/mol. The Hall–Kier alpha value is -2.08. The predicted molar refractivity (Wildman–Crippen MR) is 76.1 cm³/mol. The van der Waals surface area contributed by atoms with Crippen molar-refractivity contribution in [3.63, 3.8) is 0 Å². The first-order chi connectivity index (χ1) is 9.47. The number of benzene rings is 1. The van der Waals surface area contributed by atoms with Gasteiger partial charge in [-0.05, 0) is 30.3 Å². The molecule has 1 N–H and O–H groups in total. The number of rotatable bonds is 4. The Morgan fingerprint density at radius 1 is 1.40 bits per heavy atom. The third-order valence-corrected chi connectivity index (χ3v) is 3.67. The van der Waals surface area contributed by atoms with E-state index in [0.717, 1.165) is 27.8 Å². The number of nitrogens with zero attached hydrogens (tertiary/aromatic N) is 1. The molecule has 0 radical (unpaired) electrons. The van der Waals surface area contributed by atoms with E-state index in [-0.39, 0.29) is 13.0 Å². The fourth-order valence-corrected chi connectivity index (χ4v) is 2.68. The Bertz CT molecular complexity index is 609. The molecule has 2 amide bonds. The largest absolute Gasteiger partial charge is 0.481 e. The lowest BCUT2D eigenvalue weighted by Gasteiger charge is -2.09. The Morgan fingerprint density at radius 2 is 2.15 bits per heavy atom. The standard InChI is InChI=1S/C14H13NO4S/c1-9-3-2-4-10(7-9)8-11-13(18)15(14(19)20-11)6-5-12(16)17/h2-4,7-8H,5-6H2,1H3,(H,16,17)/b11-8+. The lowest BCUT2D eigenvalue weighted by atomic mass is 10.1. The summed E-state index contributed by atoms with van der Waals surface area (Å²) < 4.78 is 0. The molecule has 0 unspecified atom stereocenters. The van der Waals surface area contributed by atoms with E-state index in [9.17, 15) is 14.4 Å². The van der Waals surface area contributed by atoms with Gasteiger partial charge in [0.15, 0.2) is 0 Å². The maximum atomic E-state index is 12.0. The van der Waals surface area contributed by atoms with Crippen molar-refractivity contribution >= 4 is 35.0 Å². The van der Waals surface area contributed by atoms with Gasteiger partial charge in [-0.25, -0.2) is 0 Å². The normalized spacial score (nSPS) is 17.1. The SMILES string of the molecule is Cc1cccc(/C=C2/SC(=O)N(CCC(=O)O)C2=O)c1. The van der Waals surface area contributed by atoms with Crippen molar-refractivity contribution in [2.75, 3.05) is 6.54 Å². The van der Waals surface area contributed by atoms with Crippen molar-refractivity contribution in [1.29, 1.82) is 0 Å². The molecule has 0 aromatic heterocycles. The quantitative estimate of drug-likeness (QED) is 0.863. The molecule has 1 aromatic carbocycles. The zero-order valence-electron chi connectivity index (χ0n) is 10.8. The molecule has 6 heteroatoms. The molecule has 1 aliphatic rings. The number of aliphatic carboxylic acids is 1. The second kappa shape index (κ2) is 5.92. The van der Waals surface area contributed by atoms with E-state index in [1.165, 1.54) is 0 Å². The number of imide groups is 1. The van der Waals surface area contributed by atoms with E-state index < -0.39 is 17.1 Å². The van der Waals surface area contributed by atoms with E-state index in [0.29, 0.717) is 4.91 Å².